The van der Waals surface area contributed by atoms with Crippen LogP contribution < -0.4 is 0 Å². The minimum Gasteiger partial charge on any atom is -0.281 e. The molecule has 0 amide bonds. The van der Waals surface area contributed by atoms with Crippen molar-refractivity contribution in [3.05, 3.63) is 71.8 Å². The van der Waals surface area contributed by atoms with E-state index in [0.29, 0.717) is 11.1 Å². The zero-order chi connectivity index (χ0) is 12.1. The molecular formula is C14H13O2PS. The van der Waals surface area contributed by atoms with Crippen LogP contribution in [-0.2, 0) is 0 Å². The van der Waals surface area contributed by atoms with Gasteiger partial charge in [-0.1, -0.05) is 60.7 Å². The number of hydrogen-bond donors (Lipinski definition) is 0. The summed E-state index contributed by atoms with van der Waals surface area (Å²) in [6.45, 7) is 0. The number of benzene rings is 2. The minimum atomic E-state index is -0.223. The molecule has 2 rings (SSSR count). The van der Waals surface area contributed by atoms with Crippen LogP contribution in [0.2, 0.25) is 0 Å². The quantitative estimate of drug-likeness (QED) is 0.788. The Hall–Kier alpha value is -1.44. The van der Waals surface area contributed by atoms with Crippen molar-refractivity contribution in [3.8, 4) is 0 Å². The van der Waals surface area contributed by atoms with E-state index >= 15 is 0 Å². The first-order chi connectivity index (χ1) is 8.27. The monoisotopic (exact) mass is 276 g/mol. The van der Waals surface area contributed by atoms with Crippen molar-refractivity contribution in [1.82, 2.24) is 0 Å². The summed E-state index contributed by atoms with van der Waals surface area (Å²) in [7, 11) is 0. The Labute approximate surface area is 113 Å². The molecule has 18 heavy (non-hydrogen) atoms. The topological polar surface area (TPSA) is 34.1 Å². The predicted molar refractivity (Wildman–Crippen MR) is 80.2 cm³/mol. The molecule has 0 saturated carbocycles. The molecule has 2 aromatic carbocycles. The van der Waals surface area contributed by atoms with E-state index in [1.54, 1.807) is 48.5 Å². The van der Waals surface area contributed by atoms with Crippen LogP contribution in [0.3, 0.4) is 0 Å². The Balaban J connectivity index is 0.00000162. The van der Waals surface area contributed by atoms with Gasteiger partial charge in [-0.15, -0.1) is 0 Å². The maximum Gasteiger partial charge on any atom is 0.227 e. The lowest BCUT2D eigenvalue weighted by Crippen LogP contribution is -2.00. The van der Waals surface area contributed by atoms with Crippen LogP contribution in [0, 0.1) is 0 Å². The van der Waals surface area contributed by atoms with Gasteiger partial charge in [0.1, 0.15) is 0 Å². The summed E-state index contributed by atoms with van der Waals surface area (Å²) in [5.41, 5.74) is 1.09. The van der Waals surface area contributed by atoms with E-state index in [1.807, 2.05) is 12.1 Å². The van der Waals surface area contributed by atoms with Crippen molar-refractivity contribution < 1.29 is 9.59 Å². The molecule has 0 bridgehead atoms. The number of hydrogen-bond acceptors (Lipinski definition) is 3. The molecule has 4 heteroatoms. The molecule has 0 N–H and O–H groups in total. The van der Waals surface area contributed by atoms with Crippen molar-refractivity contribution in [2.75, 3.05) is 0 Å². The third-order valence-electron chi connectivity index (χ3n) is 2.20. The fourth-order valence-electron chi connectivity index (χ4n) is 1.35. The summed E-state index contributed by atoms with van der Waals surface area (Å²) in [4.78, 5) is 23.5. The molecule has 0 fully saturated rings. The molecule has 0 aliphatic carbocycles. The van der Waals surface area contributed by atoms with E-state index < -0.39 is 0 Å². The summed E-state index contributed by atoms with van der Waals surface area (Å²) in [5.74, 6) is 0. The van der Waals surface area contributed by atoms with Gasteiger partial charge in [0, 0.05) is 11.1 Å². The zero-order valence-corrected chi connectivity index (χ0v) is 11.9. The van der Waals surface area contributed by atoms with Crippen LogP contribution in [0.25, 0.3) is 0 Å². The van der Waals surface area contributed by atoms with Crippen LogP contribution in [0.4, 0.5) is 0 Å². The molecule has 0 aromatic heterocycles. The van der Waals surface area contributed by atoms with Gasteiger partial charge in [0.05, 0.1) is 0 Å². The smallest absolute Gasteiger partial charge is 0.227 e. The lowest BCUT2D eigenvalue weighted by atomic mass is 10.2. The van der Waals surface area contributed by atoms with Gasteiger partial charge in [0.15, 0.2) is 0 Å². The van der Waals surface area contributed by atoms with Gasteiger partial charge in [-0.25, -0.2) is 0 Å². The second kappa shape index (κ2) is 7.10. The van der Waals surface area contributed by atoms with Crippen LogP contribution >= 0.6 is 21.7 Å². The van der Waals surface area contributed by atoms with E-state index in [0.717, 1.165) is 11.8 Å². The maximum absolute atomic E-state index is 11.8. The van der Waals surface area contributed by atoms with Gasteiger partial charge in [-0.2, -0.15) is 9.90 Å². The van der Waals surface area contributed by atoms with E-state index in [9.17, 15) is 9.59 Å². The Kier molecular flexibility index (Phi) is 5.76. The van der Waals surface area contributed by atoms with E-state index in [1.165, 1.54) is 0 Å². The van der Waals surface area contributed by atoms with Crippen LogP contribution in [0.15, 0.2) is 60.7 Å². The predicted octanol–water partition coefficient (Wildman–Crippen LogP) is 3.46. The maximum atomic E-state index is 11.8. The number of carbonyl (C=O) groups excluding carboxylic acids is 2. The zero-order valence-electron chi connectivity index (χ0n) is 9.71. The average Bonchev–Trinajstić information content (AvgIpc) is 2.40. The highest BCUT2D eigenvalue weighted by Gasteiger charge is 2.13. The van der Waals surface area contributed by atoms with Crippen molar-refractivity contribution in [2.45, 2.75) is 0 Å². The van der Waals surface area contributed by atoms with Gasteiger partial charge in [-0.05, 0) is 11.8 Å². The lowest BCUT2D eigenvalue weighted by molar-refractivity contribution is 0.106. The highest BCUT2D eigenvalue weighted by atomic mass is 32.2. The van der Waals surface area contributed by atoms with E-state index in [4.69, 9.17) is 0 Å². The van der Waals surface area contributed by atoms with Crippen LogP contribution in [0.5, 0.6) is 0 Å². The fraction of sp³-hybridized carbons (Fsp3) is 0. The third-order valence-corrected chi connectivity index (χ3v) is 3.05. The Morgan fingerprint density at radius 1 is 0.667 bits per heavy atom. The first kappa shape index (κ1) is 14.6. The normalized spacial score (nSPS) is 9.33. The lowest BCUT2D eigenvalue weighted by Gasteiger charge is -1.99. The molecule has 0 aliphatic rings. The molecule has 1 atom stereocenters. The molecule has 0 radical (unpaired) electrons. The van der Waals surface area contributed by atoms with E-state index in [-0.39, 0.29) is 20.1 Å². The summed E-state index contributed by atoms with van der Waals surface area (Å²) in [6, 6.07) is 17.6. The SMILES string of the molecule is O=C(SC(=O)c1ccccc1)c1ccccc1.P. The minimum absolute atomic E-state index is 0. The van der Waals surface area contributed by atoms with Gasteiger partial charge in [0.2, 0.25) is 10.2 Å². The molecule has 1 unspecified atom stereocenters. The largest absolute Gasteiger partial charge is 0.281 e. The summed E-state index contributed by atoms with van der Waals surface area (Å²) < 4.78 is 0. The van der Waals surface area contributed by atoms with Crippen molar-refractivity contribution >= 4 is 31.9 Å². The van der Waals surface area contributed by atoms with Crippen molar-refractivity contribution in [1.29, 1.82) is 0 Å². The Bertz CT molecular complexity index is 477. The third kappa shape index (κ3) is 3.80. The number of carbonyl (C=O) groups is 2. The number of rotatable bonds is 2. The van der Waals surface area contributed by atoms with Gasteiger partial charge in [-0.3, -0.25) is 9.59 Å². The molecule has 92 valence electrons. The standard InChI is InChI=1S/C14H10O2S.H3P/c15-13(11-7-3-1-4-8-11)17-14(16)12-9-5-2-6-10-12;/h1-10H;1H3. The highest BCUT2D eigenvalue weighted by Crippen LogP contribution is 2.17. The summed E-state index contributed by atoms with van der Waals surface area (Å²) in [6.07, 6.45) is 0. The molecule has 0 spiro atoms. The van der Waals surface area contributed by atoms with Crippen molar-refractivity contribution in [2.24, 2.45) is 0 Å². The average molecular weight is 276 g/mol. The van der Waals surface area contributed by atoms with Crippen LogP contribution in [-0.4, -0.2) is 10.2 Å². The molecule has 0 heterocycles. The first-order valence-corrected chi connectivity index (χ1v) is 5.95. The molecule has 0 saturated heterocycles. The second-order valence-corrected chi connectivity index (χ2v) is 4.35. The number of thioether (sulfide) groups is 1. The van der Waals surface area contributed by atoms with Gasteiger partial charge < -0.3 is 0 Å². The Morgan fingerprint density at radius 3 is 1.33 bits per heavy atom. The molecule has 2 nitrogen and oxygen atoms in total. The van der Waals surface area contributed by atoms with Gasteiger partial charge >= 0.3 is 0 Å². The summed E-state index contributed by atoms with van der Waals surface area (Å²) >= 11 is 0.728. The molecule has 2 aromatic rings. The Morgan fingerprint density at radius 2 is 1.00 bits per heavy atom. The fourth-order valence-corrected chi connectivity index (χ4v) is 2.03. The van der Waals surface area contributed by atoms with Gasteiger partial charge in [0.25, 0.3) is 0 Å². The molecular weight excluding hydrogens is 263 g/mol. The highest BCUT2D eigenvalue weighted by molar-refractivity contribution is 8.26. The van der Waals surface area contributed by atoms with Crippen LogP contribution in [0.1, 0.15) is 20.7 Å². The first-order valence-electron chi connectivity index (χ1n) is 5.14. The van der Waals surface area contributed by atoms with E-state index in [2.05, 4.69) is 0 Å². The summed E-state index contributed by atoms with van der Waals surface area (Å²) in [5, 5.41) is -0.445. The van der Waals surface area contributed by atoms with Crippen molar-refractivity contribution in [3.63, 3.8) is 0 Å². The second-order valence-electron chi connectivity index (χ2n) is 3.41. The molecule has 0 aliphatic heterocycles.